The van der Waals surface area contributed by atoms with Gasteiger partial charge in [0.05, 0.1) is 12.1 Å². The topological polar surface area (TPSA) is 24.1 Å². The van der Waals surface area contributed by atoms with Crippen molar-refractivity contribution in [2.75, 3.05) is 0 Å². The first-order valence-electron chi connectivity index (χ1n) is 5.41. The first-order valence-corrected chi connectivity index (χ1v) is 8.82. The van der Waals surface area contributed by atoms with Crippen molar-refractivity contribution in [3.8, 4) is 0 Å². The molecule has 0 saturated heterocycles. The molecule has 0 amide bonds. The van der Waals surface area contributed by atoms with Gasteiger partial charge in [0.25, 0.3) is 0 Å². The lowest BCUT2D eigenvalue weighted by molar-refractivity contribution is 0.339. The molecule has 2 nitrogen and oxygen atoms in total. The number of rotatable bonds is 5. The van der Waals surface area contributed by atoms with Gasteiger partial charge in [-0.1, -0.05) is 111 Å². The molecular formula is C9H13Cl9N2. The fraction of sp³-hybridized carbons (Fsp3) is 1.00. The summed E-state index contributed by atoms with van der Waals surface area (Å²) in [4.78, 5) is 0. The highest BCUT2D eigenvalue weighted by Crippen LogP contribution is 2.37. The van der Waals surface area contributed by atoms with Gasteiger partial charge in [-0.15, -0.1) is 0 Å². The van der Waals surface area contributed by atoms with Crippen molar-refractivity contribution in [3.63, 3.8) is 0 Å². The fourth-order valence-electron chi connectivity index (χ4n) is 1.23. The predicted octanol–water partition coefficient (Wildman–Crippen LogP) is 5.77. The summed E-state index contributed by atoms with van der Waals surface area (Å²) in [5, 5.41) is 5.76. The van der Waals surface area contributed by atoms with Gasteiger partial charge < -0.3 is 0 Å². The summed E-state index contributed by atoms with van der Waals surface area (Å²) in [6.07, 6.45) is -0.406. The van der Waals surface area contributed by atoms with E-state index in [0.29, 0.717) is 6.42 Å². The number of halogens is 9. The van der Waals surface area contributed by atoms with Gasteiger partial charge in [-0.3, -0.25) is 10.6 Å². The molecule has 122 valence electrons. The Morgan fingerprint density at radius 2 is 1.20 bits per heavy atom. The molecule has 0 saturated carbocycles. The molecule has 0 aromatic heterocycles. The van der Waals surface area contributed by atoms with Crippen molar-refractivity contribution in [2.45, 2.75) is 49.9 Å². The summed E-state index contributed by atoms with van der Waals surface area (Å²) in [6, 6.07) is -1.18. The molecule has 0 heterocycles. The van der Waals surface area contributed by atoms with E-state index in [1.807, 2.05) is 6.92 Å². The zero-order valence-electron chi connectivity index (χ0n) is 10.3. The standard InChI is InChI=1S/C9H13Cl9N2/c1-3-5(8(13,14)15)20-6(9(16,17)18)19-4(2)7(10,11)12/h4-6,19-20H,3H2,1-2H3. The molecule has 0 aromatic rings. The molecule has 0 aliphatic carbocycles. The molecule has 11 heteroatoms. The second kappa shape index (κ2) is 8.58. The average Bonchev–Trinajstić information content (AvgIpc) is 2.18. The smallest absolute Gasteiger partial charge is 0.218 e. The van der Waals surface area contributed by atoms with E-state index in [0.717, 1.165) is 0 Å². The van der Waals surface area contributed by atoms with E-state index in [4.69, 9.17) is 104 Å². The molecule has 0 bridgehead atoms. The third kappa shape index (κ3) is 8.40. The van der Waals surface area contributed by atoms with E-state index in [-0.39, 0.29) is 0 Å². The minimum atomic E-state index is -1.74. The monoisotopic (exact) mass is 464 g/mol. The Labute approximate surface area is 163 Å². The van der Waals surface area contributed by atoms with Crippen LogP contribution >= 0.6 is 104 Å². The van der Waals surface area contributed by atoms with Crippen LogP contribution < -0.4 is 10.6 Å². The van der Waals surface area contributed by atoms with Crippen molar-refractivity contribution < 1.29 is 0 Å². The zero-order valence-corrected chi connectivity index (χ0v) is 17.1. The molecule has 0 aromatic carbocycles. The molecule has 0 radical (unpaired) electrons. The second-order valence-corrected chi connectivity index (χ2v) is 11.2. The highest BCUT2D eigenvalue weighted by atomic mass is 35.6. The van der Waals surface area contributed by atoms with Crippen LogP contribution in [0.4, 0.5) is 0 Å². The highest BCUT2D eigenvalue weighted by molar-refractivity contribution is 6.69. The van der Waals surface area contributed by atoms with E-state index in [2.05, 4.69) is 10.6 Å². The van der Waals surface area contributed by atoms with Gasteiger partial charge in [-0.05, 0) is 13.3 Å². The van der Waals surface area contributed by atoms with Crippen LogP contribution in [0.1, 0.15) is 20.3 Å². The van der Waals surface area contributed by atoms with Crippen LogP contribution in [0.15, 0.2) is 0 Å². The third-order valence-corrected chi connectivity index (χ3v) is 4.83. The molecular weight excluding hydrogens is 455 g/mol. The lowest BCUT2D eigenvalue weighted by Crippen LogP contribution is -2.61. The molecule has 3 atom stereocenters. The van der Waals surface area contributed by atoms with Crippen LogP contribution in [-0.2, 0) is 0 Å². The lowest BCUT2D eigenvalue weighted by Gasteiger charge is -2.36. The van der Waals surface area contributed by atoms with Crippen LogP contribution in [0.5, 0.6) is 0 Å². The molecule has 0 aliphatic heterocycles. The summed E-state index contributed by atoms with van der Waals surface area (Å²) < 4.78 is -4.90. The molecule has 20 heavy (non-hydrogen) atoms. The van der Waals surface area contributed by atoms with Gasteiger partial charge in [0.1, 0.15) is 6.17 Å². The van der Waals surface area contributed by atoms with Crippen molar-refractivity contribution in [2.24, 2.45) is 0 Å². The zero-order chi connectivity index (χ0) is 16.4. The summed E-state index contributed by atoms with van der Waals surface area (Å²) in [5.41, 5.74) is 0. The number of nitrogens with one attached hydrogen (secondary N) is 2. The van der Waals surface area contributed by atoms with Gasteiger partial charge in [0, 0.05) is 0 Å². The minimum Gasteiger partial charge on any atom is -0.292 e. The lowest BCUT2D eigenvalue weighted by atomic mass is 10.2. The van der Waals surface area contributed by atoms with Gasteiger partial charge in [-0.25, -0.2) is 0 Å². The average molecular weight is 468 g/mol. The fourth-order valence-corrected chi connectivity index (χ4v) is 2.45. The van der Waals surface area contributed by atoms with E-state index in [9.17, 15) is 0 Å². The van der Waals surface area contributed by atoms with Crippen LogP contribution in [0.25, 0.3) is 0 Å². The minimum absolute atomic E-state index is 0.484. The van der Waals surface area contributed by atoms with Crippen molar-refractivity contribution in [1.29, 1.82) is 0 Å². The number of hydrogen-bond acceptors (Lipinski definition) is 2. The Morgan fingerprint density at radius 3 is 1.45 bits per heavy atom. The Balaban J connectivity index is 5.01. The van der Waals surface area contributed by atoms with Gasteiger partial charge in [0.2, 0.25) is 11.4 Å². The quantitative estimate of drug-likeness (QED) is 0.396. The first kappa shape index (κ1) is 22.5. The normalized spacial score (nSPS) is 18.8. The van der Waals surface area contributed by atoms with Crippen LogP contribution in [0.3, 0.4) is 0 Å². The van der Waals surface area contributed by atoms with E-state index < -0.39 is 29.6 Å². The Hall–Kier alpha value is 2.53. The SMILES string of the molecule is CCC(NC(NC(C)C(Cl)(Cl)Cl)C(Cl)(Cl)Cl)C(Cl)(Cl)Cl. The molecule has 0 rings (SSSR count). The van der Waals surface area contributed by atoms with E-state index in [1.165, 1.54) is 0 Å². The molecule has 0 spiro atoms. The maximum Gasteiger partial charge on any atom is 0.218 e. The van der Waals surface area contributed by atoms with Gasteiger partial charge in [-0.2, -0.15) is 0 Å². The Kier molecular flexibility index (Phi) is 9.66. The van der Waals surface area contributed by atoms with Gasteiger partial charge >= 0.3 is 0 Å². The predicted molar refractivity (Wildman–Crippen MR) is 94.5 cm³/mol. The maximum atomic E-state index is 5.89. The summed E-state index contributed by atoms with van der Waals surface area (Å²) in [6.45, 7) is 3.43. The van der Waals surface area contributed by atoms with E-state index in [1.54, 1.807) is 6.92 Å². The van der Waals surface area contributed by atoms with E-state index >= 15 is 0 Å². The molecule has 0 fully saturated rings. The molecule has 2 N–H and O–H groups in total. The summed E-state index contributed by atoms with van der Waals surface area (Å²) >= 11 is 52.5. The van der Waals surface area contributed by atoms with Gasteiger partial charge in [0.15, 0.2) is 0 Å². The first-order chi connectivity index (χ1) is 8.69. The third-order valence-electron chi connectivity index (χ3n) is 2.41. The summed E-state index contributed by atoms with van der Waals surface area (Å²) in [7, 11) is 0. The Morgan fingerprint density at radius 1 is 0.750 bits per heavy atom. The van der Waals surface area contributed by atoms with Crippen molar-refractivity contribution in [3.05, 3.63) is 0 Å². The maximum absolute atomic E-state index is 5.89. The highest BCUT2D eigenvalue weighted by Gasteiger charge is 2.42. The van der Waals surface area contributed by atoms with Crippen molar-refractivity contribution >= 4 is 104 Å². The second-order valence-electron chi connectivity index (χ2n) is 4.07. The molecule has 0 aliphatic rings. The molecule has 3 unspecified atom stereocenters. The van der Waals surface area contributed by atoms with Crippen LogP contribution in [0, 0.1) is 0 Å². The van der Waals surface area contributed by atoms with Crippen LogP contribution in [0.2, 0.25) is 0 Å². The number of hydrogen-bond donors (Lipinski definition) is 2. The Bertz CT molecular complexity index is 293. The number of alkyl halides is 9. The van der Waals surface area contributed by atoms with Crippen LogP contribution in [-0.4, -0.2) is 29.6 Å². The summed E-state index contributed by atoms with van der Waals surface area (Å²) in [5.74, 6) is 0. The van der Waals surface area contributed by atoms with Crippen molar-refractivity contribution in [1.82, 2.24) is 10.6 Å². The largest absolute Gasteiger partial charge is 0.292 e.